The maximum atomic E-state index is 5.52. The monoisotopic (exact) mass is 221 g/mol. The summed E-state index contributed by atoms with van der Waals surface area (Å²) in [5.41, 5.74) is 6.15. The Morgan fingerprint density at radius 2 is 2.40 bits per heavy atom. The molecule has 0 spiro atoms. The Morgan fingerprint density at radius 1 is 1.70 bits per heavy atom. The van der Waals surface area contributed by atoms with Crippen LogP contribution < -0.4 is 5.73 Å². The maximum absolute atomic E-state index is 5.52. The molecule has 10 heavy (non-hydrogen) atoms. The summed E-state index contributed by atoms with van der Waals surface area (Å²) in [5.74, 6) is 0.276. The Morgan fingerprint density at radius 3 is 2.90 bits per heavy atom. The highest BCUT2D eigenvalue weighted by molar-refractivity contribution is 9.08. The lowest BCUT2D eigenvalue weighted by atomic mass is 10.5. The number of hydrogen-bond donors (Lipinski definition) is 1. The first-order valence-corrected chi connectivity index (χ1v) is 4.07. The minimum absolute atomic E-state index is 0.254. The largest absolute Gasteiger partial charge is 0.381 e. The molecule has 3 nitrogen and oxygen atoms in total. The van der Waals surface area contributed by atoms with Crippen LogP contribution in [0, 0.1) is 0 Å². The topological polar surface area (TPSA) is 51.8 Å². The summed E-state index contributed by atoms with van der Waals surface area (Å²) in [5, 5.41) is 0.895. The van der Waals surface area contributed by atoms with Crippen molar-refractivity contribution in [3.8, 4) is 0 Å². The molecule has 0 fully saturated rings. The summed E-state index contributed by atoms with van der Waals surface area (Å²) < 4.78 is 0. The van der Waals surface area contributed by atoms with Gasteiger partial charge < -0.3 is 5.73 Å². The van der Waals surface area contributed by atoms with Crippen molar-refractivity contribution in [2.45, 2.75) is 5.33 Å². The predicted octanol–water partition coefficient (Wildman–Crippen LogP) is 1.61. The molecule has 1 heterocycles. The molecule has 0 aliphatic heterocycles. The van der Waals surface area contributed by atoms with Gasteiger partial charge in [0.1, 0.15) is 0 Å². The maximum Gasteiger partial charge on any atom is 0.171 e. The van der Waals surface area contributed by atoms with Crippen molar-refractivity contribution in [1.29, 1.82) is 0 Å². The second-order valence-electron chi connectivity index (χ2n) is 1.67. The van der Waals surface area contributed by atoms with Gasteiger partial charge in [-0.25, -0.2) is 9.97 Å². The second kappa shape index (κ2) is 3.16. The molecule has 0 radical (unpaired) electrons. The third-order valence-corrected chi connectivity index (χ3v) is 1.80. The lowest BCUT2D eigenvalue weighted by molar-refractivity contribution is 1.12. The minimum atomic E-state index is 0.254. The van der Waals surface area contributed by atoms with Gasteiger partial charge in [0.2, 0.25) is 0 Å². The van der Waals surface area contributed by atoms with E-state index in [4.69, 9.17) is 17.3 Å². The Bertz CT molecular complexity index is 240. The lowest BCUT2D eigenvalue weighted by Gasteiger charge is -1.96. The smallest absolute Gasteiger partial charge is 0.171 e. The lowest BCUT2D eigenvalue weighted by Crippen LogP contribution is -1.96. The van der Waals surface area contributed by atoms with Gasteiger partial charge in [0, 0.05) is 5.33 Å². The van der Waals surface area contributed by atoms with E-state index in [0.29, 0.717) is 5.33 Å². The standard InChI is InChI=1S/C5H5BrClN3/c6-1-3-2-9-4(7)5(8)10-3/h2H,1H2,(H2,8,10). The molecule has 0 saturated heterocycles. The predicted molar refractivity (Wildman–Crippen MR) is 44.1 cm³/mol. The number of halogens is 2. The van der Waals surface area contributed by atoms with Crippen molar-refractivity contribution in [1.82, 2.24) is 9.97 Å². The fourth-order valence-corrected chi connectivity index (χ4v) is 0.853. The molecule has 2 N–H and O–H groups in total. The molecule has 0 saturated carbocycles. The van der Waals surface area contributed by atoms with Crippen LogP contribution in [-0.4, -0.2) is 9.97 Å². The molecule has 5 heteroatoms. The zero-order valence-corrected chi connectivity index (χ0v) is 7.35. The summed E-state index contributed by atoms with van der Waals surface area (Å²) in [6, 6.07) is 0. The van der Waals surface area contributed by atoms with Crippen molar-refractivity contribution in [3.05, 3.63) is 17.0 Å². The summed E-state index contributed by atoms with van der Waals surface area (Å²) in [7, 11) is 0. The number of nitrogen functional groups attached to an aromatic ring is 1. The molecular formula is C5H5BrClN3. The third-order valence-electron chi connectivity index (χ3n) is 0.939. The van der Waals surface area contributed by atoms with Crippen molar-refractivity contribution < 1.29 is 0 Å². The van der Waals surface area contributed by atoms with Crippen LogP contribution in [0.1, 0.15) is 5.69 Å². The van der Waals surface area contributed by atoms with E-state index in [0.717, 1.165) is 5.69 Å². The molecule has 0 aliphatic rings. The number of rotatable bonds is 1. The van der Waals surface area contributed by atoms with Gasteiger partial charge >= 0.3 is 0 Å². The number of nitrogens with two attached hydrogens (primary N) is 1. The van der Waals surface area contributed by atoms with E-state index in [1.54, 1.807) is 6.20 Å². The van der Waals surface area contributed by atoms with Crippen LogP contribution in [0.2, 0.25) is 5.15 Å². The fourth-order valence-electron chi connectivity index (χ4n) is 0.491. The van der Waals surface area contributed by atoms with Crippen LogP contribution >= 0.6 is 27.5 Å². The molecule has 54 valence electrons. The third kappa shape index (κ3) is 1.58. The van der Waals surface area contributed by atoms with Crippen molar-refractivity contribution in [2.24, 2.45) is 0 Å². The molecule has 0 aromatic carbocycles. The van der Waals surface area contributed by atoms with Crippen LogP contribution in [0.15, 0.2) is 6.20 Å². The minimum Gasteiger partial charge on any atom is -0.381 e. The highest BCUT2D eigenvalue weighted by Gasteiger charge is 1.98. The highest BCUT2D eigenvalue weighted by Crippen LogP contribution is 2.12. The number of hydrogen-bond acceptors (Lipinski definition) is 3. The number of aromatic nitrogens is 2. The molecule has 0 amide bonds. The SMILES string of the molecule is Nc1nc(CBr)cnc1Cl. The van der Waals surface area contributed by atoms with Gasteiger partial charge in [-0.15, -0.1) is 0 Å². The van der Waals surface area contributed by atoms with Gasteiger partial charge in [0.15, 0.2) is 11.0 Å². The summed E-state index contributed by atoms with van der Waals surface area (Å²) in [6.07, 6.45) is 1.58. The highest BCUT2D eigenvalue weighted by atomic mass is 79.9. The van der Waals surface area contributed by atoms with Crippen LogP contribution in [0.4, 0.5) is 5.82 Å². The average molecular weight is 222 g/mol. The van der Waals surface area contributed by atoms with Gasteiger partial charge in [-0.2, -0.15) is 0 Å². The summed E-state index contributed by atoms with van der Waals surface area (Å²) >= 11 is 8.74. The molecular weight excluding hydrogens is 217 g/mol. The van der Waals surface area contributed by atoms with Crippen molar-refractivity contribution in [3.63, 3.8) is 0 Å². The van der Waals surface area contributed by atoms with E-state index in [1.807, 2.05) is 0 Å². The number of alkyl halides is 1. The van der Waals surface area contributed by atoms with Gasteiger partial charge in [0.25, 0.3) is 0 Å². The van der Waals surface area contributed by atoms with Crippen molar-refractivity contribution in [2.75, 3.05) is 5.73 Å². The van der Waals surface area contributed by atoms with Gasteiger partial charge in [0.05, 0.1) is 11.9 Å². The molecule has 0 aliphatic carbocycles. The Kier molecular flexibility index (Phi) is 2.45. The normalized spacial score (nSPS) is 9.80. The fraction of sp³-hybridized carbons (Fsp3) is 0.200. The number of anilines is 1. The van der Waals surface area contributed by atoms with E-state index < -0.39 is 0 Å². The molecule has 1 aromatic rings. The number of nitrogens with zero attached hydrogens (tertiary/aromatic N) is 2. The molecule has 0 unspecified atom stereocenters. The second-order valence-corrected chi connectivity index (χ2v) is 2.59. The zero-order valence-electron chi connectivity index (χ0n) is 5.01. The van der Waals surface area contributed by atoms with E-state index >= 15 is 0 Å². The Balaban J connectivity index is 3.04. The first-order chi connectivity index (χ1) is 4.74. The molecule has 1 aromatic heterocycles. The molecule has 0 bridgehead atoms. The summed E-state index contributed by atoms with van der Waals surface area (Å²) in [6.45, 7) is 0. The van der Waals surface area contributed by atoms with Crippen LogP contribution in [0.25, 0.3) is 0 Å². The first-order valence-electron chi connectivity index (χ1n) is 2.57. The van der Waals surface area contributed by atoms with Gasteiger partial charge in [-0.05, 0) is 0 Å². The average Bonchev–Trinajstić information content (AvgIpc) is 1.95. The Hall–Kier alpha value is -0.350. The quantitative estimate of drug-likeness (QED) is 0.735. The van der Waals surface area contributed by atoms with Crippen LogP contribution in [0.3, 0.4) is 0 Å². The van der Waals surface area contributed by atoms with Gasteiger partial charge in [-0.1, -0.05) is 27.5 Å². The van der Waals surface area contributed by atoms with Crippen LogP contribution in [0.5, 0.6) is 0 Å². The molecule has 0 atom stereocenters. The van der Waals surface area contributed by atoms with Crippen LogP contribution in [-0.2, 0) is 5.33 Å². The van der Waals surface area contributed by atoms with E-state index in [1.165, 1.54) is 0 Å². The zero-order chi connectivity index (χ0) is 7.56. The van der Waals surface area contributed by atoms with E-state index in [9.17, 15) is 0 Å². The van der Waals surface area contributed by atoms with E-state index in [-0.39, 0.29) is 11.0 Å². The van der Waals surface area contributed by atoms with Gasteiger partial charge in [-0.3, -0.25) is 0 Å². The first kappa shape index (κ1) is 7.75. The van der Waals surface area contributed by atoms with E-state index in [2.05, 4.69) is 25.9 Å². The van der Waals surface area contributed by atoms with Crippen molar-refractivity contribution >= 4 is 33.3 Å². The Labute approximate surface area is 71.7 Å². The summed E-state index contributed by atoms with van der Waals surface area (Å²) in [4.78, 5) is 7.73. The molecule has 1 rings (SSSR count).